The van der Waals surface area contributed by atoms with Crippen molar-refractivity contribution in [1.82, 2.24) is 5.32 Å². The molecule has 0 fully saturated rings. The molecule has 6 heteroatoms. The lowest BCUT2D eigenvalue weighted by Gasteiger charge is -2.24. The third kappa shape index (κ3) is 3.12. The summed E-state index contributed by atoms with van der Waals surface area (Å²) >= 11 is 0. The molecule has 1 aliphatic heterocycles. The number of fused-ring (bicyclic) bond motifs is 1. The fraction of sp³-hybridized carbons (Fsp3) is 0.167. The number of rotatable bonds is 4. The van der Waals surface area contributed by atoms with Gasteiger partial charge in [-0.25, -0.2) is 0 Å². The minimum absolute atomic E-state index is 0.0328. The summed E-state index contributed by atoms with van der Waals surface area (Å²) in [4.78, 5) is 35.4. The first-order valence-electron chi connectivity index (χ1n) is 7.43. The van der Waals surface area contributed by atoms with Gasteiger partial charge >= 0.3 is 5.97 Å². The summed E-state index contributed by atoms with van der Waals surface area (Å²) in [6, 6.07) is 13.8. The average molecular weight is 324 g/mol. The van der Waals surface area contributed by atoms with Crippen molar-refractivity contribution in [3.63, 3.8) is 0 Å². The second kappa shape index (κ2) is 6.54. The van der Waals surface area contributed by atoms with Crippen LogP contribution in [0.1, 0.15) is 21.5 Å². The van der Waals surface area contributed by atoms with Crippen molar-refractivity contribution in [3.8, 4) is 5.75 Å². The van der Waals surface area contributed by atoms with Gasteiger partial charge in [0.1, 0.15) is 11.7 Å². The minimum atomic E-state index is -1.42. The fourth-order valence-electron chi connectivity index (χ4n) is 2.61. The predicted octanol–water partition coefficient (Wildman–Crippen LogP) is 0.444. The van der Waals surface area contributed by atoms with Crippen LogP contribution in [0.3, 0.4) is 0 Å². The number of benzene rings is 2. The molecule has 1 amide bonds. The molecule has 0 saturated carbocycles. The SMILES string of the molecule is O=C([O-])c1cccc2c1OC(=O)C(C(=O)NCc1ccccc1)C2. The van der Waals surface area contributed by atoms with E-state index in [1.165, 1.54) is 12.1 Å². The predicted molar refractivity (Wildman–Crippen MR) is 81.9 cm³/mol. The second-order valence-electron chi connectivity index (χ2n) is 5.46. The van der Waals surface area contributed by atoms with Crippen LogP contribution in [0.5, 0.6) is 5.75 Å². The molecule has 1 aliphatic rings. The lowest BCUT2D eigenvalue weighted by Crippen LogP contribution is -2.41. The zero-order valence-corrected chi connectivity index (χ0v) is 12.7. The summed E-state index contributed by atoms with van der Waals surface area (Å²) in [6.45, 7) is 0.301. The summed E-state index contributed by atoms with van der Waals surface area (Å²) in [5, 5.41) is 13.8. The van der Waals surface area contributed by atoms with Crippen LogP contribution in [0.2, 0.25) is 0 Å². The van der Waals surface area contributed by atoms with Crippen LogP contribution in [0, 0.1) is 5.92 Å². The van der Waals surface area contributed by atoms with Gasteiger partial charge in [-0.1, -0.05) is 42.5 Å². The Morgan fingerprint density at radius 3 is 2.58 bits per heavy atom. The van der Waals surface area contributed by atoms with E-state index < -0.39 is 23.8 Å². The van der Waals surface area contributed by atoms with Crippen molar-refractivity contribution >= 4 is 17.8 Å². The lowest BCUT2D eigenvalue weighted by atomic mass is 9.93. The summed E-state index contributed by atoms with van der Waals surface area (Å²) in [6.07, 6.45) is 0.0932. The molecule has 0 aromatic heterocycles. The molecular weight excluding hydrogens is 310 g/mol. The Hall–Kier alpha value is -3.15. The maximum absolute atomic E-state index is 12.3. The van der Waals surface area contributed by atoms with Gasteiger partial charge in [-0.2, -0.15) is 0 Å². The third-order valence-electron chi connectivity index (χ3n) is 3.85. The fourth-order valence-corrected chi connectivity index (χ4v) is 2.61. The highest BCUT2D eigenvalue weighted by molar-refractivity contribution is 6.01. The number of aromatic carboxylic acids is 1. The van der Waals surface area contributed by atoms with Crippen molar-refractivity contribution in [2.75, 3.05) is 0 Å². The second-order valence-corrected chi connectivity index (χ2v) is 5.46. The highest BCUT2D eigenvalue weighted by Gasteiger charge is 2.35. The Balaban J connectivity index is 1.74. The molecule has 24 heavy (non-hydrogen) atoms. The van der Waals surface area contributed by atoms with Crippen molar-refractivity contribution in [1.29, 1.82) is 0 Å². The number of carbonyl (C=O) groups is 3. The van der Waals surface area contributed by atoms with Crippen LogP contribution >= 0.6 is 0 Å². The molecule has 1 N–H and O–H groups in total. The molecule has 0 bridgehead atoms. The number of nitrogens with one attached hydrogen (secondary N) is 1. The third-order valence-corrected chi connectivity index (χ3v) is 3.85. The van der Waals surface area contributed by atoms with E-state index in [-0.39, 0.29) is 17.7 Å². The number of hydrogen-bond donors (Lipinski definition) is 1. The van der Waals surface area contributed by atoms with Gasteiger partial charge in [0.2, 0.25) is 5.91 Å². The van der Waals surface area contributed by atoms with Gasteiger partial charge in [0.05, 0.1) is 5.97 Å². The first-order valence-corrected chi connectivity index (χ1v) is 7.43. The van der Waals surface area contributed by atoms with E-state index in [1.54, 1.807) is 6.07 Å². The van der Waals surface area contributed by atoms with Gasteiger partial charge in [-0.15, -0.1) is 0 Å². The van der Waals surface area contributed by atoms with Crippen LogP contribution in [-0.4, -0.2) is 17.8 Å². The summed E-state index contributed by atoms with van der Waals surface area (Å²) < 4.78 is 5.09. The number of hydrogen-bond acceptors (Lipinski definition) is 5. The maximum atomic E-state index is 12.3. The van der Waals surface area contributed by atoms with Crippen LogP contribution in [-0.2, 0) is 22.6 Å². The van der Waals surface area contributed by atoms with Gasteiger partial charge in [-0.05, 0) is 23.6 Å². The van der Waals surface area contributed by atoms with Gasteiger partial charge in [-0.3, -0.25) is 9.59 Å². The molecule has 1 atom stereocenters. The van der Waals surface area contributed by atoms with E-state index >= 15 is 0 Å². The van der Waals surface area contributed by atoms with E-state index in [4.69, 9.17) is 4.74 Å². The van der Waals surface area contributed by atoms with Gasteiger partial charge in [0, 0.05) is 12.1 Å². The Labute approximate surface area is 138 Å². The zero-order valence-electron chi connectivity index (χ0n) is 12.7. The molecule has 6 nitrogen and oxygen atoms in total. The Kier molecular flexibility index (Phi) is 4.29. The largest absolute Gasteiger partial charge is 0.545 e. The average Bonchev–Trinajstić information content (AvgIpc) is 2.59. The molecule has 0 radical (unpaired) electrons. The summed E-state index contributed by atoms with van der Waals surface area (Å²) in [5.74, 6) is -3.67. The van der Waals surface area contributed by atoms with E-state index in [1.807, 2.05) is 30.3 Å². The Bertz CT molecular complexity index is 800. The molecule has 122 valence electrons. The molecule has 1 unspecified atom stereocenters. The molecule has 3 rings (SSSR count). The van der Waals surface area contributed by atoms with Crippen LogP contribution in [0.25, 0.3) is 0 Å². The molecule has 0 saturated heterocycles. The topological polar surface area (TPSA) is 95.5 Å². The quantitative estimate of drug-likeness (QED) is 0.500. The number of carbonyl (C=O) groups excluding carboxylic acids is 3. The summed E-state index contributed by atoms with van der Waals surface area (Å²) in [5.41, 5.74) is 1.22. The van der Waals surface area contributed by atoms with E-state index in [0.29, 0.717) is 12.1 Å². The van der Waals surface area contributed by atoms with Crippen LogP contribution in [0.4, 0.5) is 0 Å². The number of esters is 1. The monoisotopic (exact) mass is 324 g/mol. The van der Waals surface area contributed by atoms with E-state index in [0.717, 1.165) is 5.56 Å². The first-order chi connectivity index (χ1) is 11.6. The highest BCUT2D eigenvalue weighted by atomic mass is 16.5. The Morgan fingerprint density at radius 2 is 1.88 bits per heavy atom. The number of carboxylic acid groups (broad SMARTS) is 1. The normalized spacial score (nSPS) is 16.0. The number of ether oxygens (including phenoxy) is 1. The van der Waals surface area contributed by atoms with Crippen molar-refractivity contribution < 1.29 is 24.2 Å². The molecule has 1 heterocycles. The highest BCUT2D eigenvalue weighted by Crippen LogP contribution is 2.31. The molecule has 2 aromatic rings. The molecular formula is C18H14NO5-. The zero-order chi connectivity index (χ0) is 17.1. The van der Waals surface area contributed by atoms with Crippen LogP contribution < -0.4 is 15.2 Å². The van der Waals surface area contributed by atoms with Gasteiger partial charge in [0.15, 0.2) is 0 Å². The molecule has 0 aliphatic carbocycles. The lowest BCUT2D eigenvalue weighted by molar-refractivity contribution is -0.255. The van der Waals surface area contributed by atoms with Gasteiger partial charge in [0.25, 0.3) is 0 Å². The number of amides is 1. The first kappa shape index (κ1) is 15.7. The smallest absolute Gasteiger partial charge is 0.324 e. The van der Waals surface area contributed by atoms with Crippen molar-refractivity contribution in [2.24, 2.45) is 5.92 Å². The number of para-hydroxylation sites is 1. The standard InChI is InChI=1S/C18H15NO5/c20-16(19-10-11-5-2-1-3-6-11)14-9-12-7-4-8-13(17(21)22)15(12)24-18(14)23/h1-8,14H,9-10H2,(H,19,20)(H,21,22)/p-1. The van der Waals surface area contributed by atoms with Crippen molar-refractivity contribution in [3.05, 3.63) is 65.2 Å². The molecule has 0 spiro atoms. The van der Waals surface area contributed by atoms with Gasteiger partial charge < -0.3 is 20.0 Å². The van der Waals surface area contributed by atoms with E-state index in [9.17, 15) is 19.5 Å². The van der Waals surface area contributed by atoms with Crippen molar-refractivity contribution in [2.45, 2.75) is 13.0 Å². The van der Waals surface area contributed by atoms with Crippen LogP contribution in [0.15, 0.2) is 48.5 Å². The number of carboxylic acids is 1. The maximum Gasteiger partial charge on any atom is 0.324 e. The molecule has 2 aromatic carbocycles. The summed E-state index contributed by atoms with van der Waals surface area (Å²) in [7, 11) is 0. The van der Waals surface area contributed by atoms with E-state index in [2.05, 4.69) is 5.32 Å². The Morgan fingerprint density at radius 1 is 1.12 bits per heavy atom. The minimum Gasteiger partial charge on any atom is -0.545 e.